The first-order valence-corrected chi connectivity index (χ1v) is 13.0. The van der Waals surface area contributed by atoms with Gasteiger partial charge in [0.25, 0.3) is 0 Å². The third-order valence-corrected chi connectivity index (χ3v) is 7.93. The number of benzene rings is 2. The number of carbonyl (C=O) groups excluding carboxylic acids is 1. The average Bonchev–Trinajstić information content (AvgIpc) is 3.11. The van der Waals surface area contributed by atoms with Crippen LogP contribution in [0.3, 0.4) is 0 Å². The molecule has 2 aromatic rings. The molecule has 6 heteroatoms. The molecule has 3 heterocycles. The molecule has 1 aliphatic carbocycles. The van der Waals surface area contributed by atoms with E-state index in [1.54, 1.807) is 7.11 Å². The molecule has 6 nitrogen and oxygen atoms in total. The van der Waals surface area contributed by atoms with Crippen molar-refractivity contribution < 1.29 is 19.0 Å². The van der Waals surface area contributed by atoms with E-state index in [-0.39, 0.29) is 23.7 Å². The summed E-state index contributed by atoms with van der Waals surface area (Å²) in [5.74, 6) is 2.16. The molecule has 1 unspecified atom stereocenters. The maximum absolute atomic E-state index is 13.0. The third kappa shape index (κ3) is 4.86. The van der Waals surface area contributed by atoms with Crippen LogP contribution < -0.4 is 14.8 Å². The molecule has 2 atom stereocenters. The summed E-state index contributed by atoms with van der Waals surface area (Å²) in [6.07, 6.45) is 3.79. The van der Waals surface area contributed by atoms with Gasteiger partial charge in [-0.05, 0) is 91.1 Å². The summed E-state index contributed by atoms with van der Waals surface area (Å²) in [5, 5.41) is 3.22. The first-order valence-electron chi connectivity index (χ1n) is 13.0. The minimum atomic E-state index is -0.307. The van der Waals surface area contributed by atoms with Crippen molar-refractivity contribution in [1.82, 2.24) is 10.2 Å². The highest BCUT2D eigenvalue weighted by atomic mass is 16.6. The third-order valence-electron chi connectivity index (χ3n) is 7.93. The lowest BCUT2D eigenvalue weighted by Gasteiger charge is -2.44. The number of fused-ring (bicyclic) bond motifs is 4. The summed E-state index contributed by atoms with van der Waals surface area (Å²) in [6.45, 7) is 10.3. The van der Waals surface area contributed by atoms with E-state index in [1.807, 2.05) is 12.1 Å². The van der Waals surface area contributed by atoms with Gasteiger partial charge < -0.3 is 19.5 Å². The molecule has 3 saturated heterocycles. The largest absolute Gasteiger partial charge is 0.496 e. The number of carbonyl (C=O) groups is 1. The fraction of sp³-hybridized carbons (Fsp3) is 0.552. The number of amides is 1. The molecule has 0 radical (unpaired) electrons. The molecular formula is C29H38N2O4. The molecule has 3 fully saturated rings. The van der Waals surface area contributed by atoms with E-state index in [1.165, 1.54) is 5.56 Å². The summed E-state index contributed by atoms with van der Waals surface area (Å²) in [7, 11) is 1.70. The van der Waals surface area contributed by atoms with Crippen LogP contribution >= 0.6 is 0 Å². The van der Waals surface area contributed by atoms with Crippen LogP contribution in [-0.4, -0.2) is 50.4 Å². The van der Waals surface area contributed by atoms with Crippen LogP contribution in [0.1, 0.15) is 57.2 Å². The van der Waals surface area contributed by atoms with Gasteiger partial charge in [-0.2, -0.15) is 0 Å². The van der Waals surface area contributed by atoms with Crippen LogP contribution in [0.2, 0.25) is 0 Å². The Hall–Kier alpha value is -2.73. The Bertz CT molecular complexity index is 1070. The standard InChI is InChI=1S/C29H38N2O4/c1-5-13-34-22-8-6-7-20(14-22)23-15-21-17-29(2,3)27(24(21)16-25(23)33-4)30-28(32)35-26-18-31-11-9-19(26)10-12-31/h6-8,14-16,19,26-27H,5,9-13,17-18H2,1-4H3,(H,30,32)/t26-,27?/m1/s1. The van der Waals surface area contributed by atoms with Crippen molar-refractivity contribution in [3.8, 4) is 22.6 Å². The summed E-state index contributed by atoms with van der Waals surface area (Å²) >= 11 is 0. The van der Waals surface area contributed by atoms with Crippen molar-refractivity contribution in [1.29, 1.82) is 0 Å². The Labute approximate surface area is 208 Å². The van der Waals surface area contributed by atoms with Crippen molar-refractivity contribution in [3.05, 3.63) is 47.5 Å². The Morgan fingerprint density at radius 1 is 1.17 bits per heavy atom. The summed E-state index contributed by atoms with van der Waals surface area (Å²) in [4.78, 5) is 15.4. The lowest BCUT2D eigenvalue weighted by molar-refractivity contribution is -0.0349. The van der Waals surface area contributed by atoms with Gasteiger partial charge in [-0.25, -0.2) is 4.79 Å². The smallest absolute Gasteiger partial charge is 0.407 e. The summed E-state index contributed by atoms with van der Waals surface area (Å²) < 4.78 is 17.6. The number of rotatable bonds is 7. The van der Waals surface area contributed by atoms with Gasteiger partial charge in [0.1, 0.15) is 17.6 Å². The van der Waals surface area contributed by atoms with Crippen molar-refractivity contribution in [2.45, 2.75) is 58.6 Å². The molecule has 1 amide bonds. The van der Waals surface area contributed by atoms with Gasteiger partial charge in [0, 0.05) is 12.1 Å². The quantitative estimate of drug-likeness (QED) is 0.562. The SMILES string of the molecule is CCCOc1cccc(-c2cc3c(cc2OC)C(NC(=O)O[C@@H]2CN4CCC2CC4)C(C)(C)C3)c1. The van der Waals surface area contributed by atoms with Crippen LogP contribution in [0.25, 0.3) is 11.1 Å². The molecule has 0 aromatic heterocycles. The number of hydrogen-bond donors (Lipinski definition) is 1. The highest BCUT2D eigenvalue weighted by Crippen LogP contribution is 2.49. The fourth-order valence-electron chi connectivity index (χ4n) is 6.05. The molecule has 0 spiro atoms. The van der Waals surface area contributed by atoms with Crippen molar-refractivity contribution in [3.63, 3.8) is 0 Å². The topological polar surface area (TPSA) is 60.0 Å². The highest BCUT2D eigenvalue weighted by molar-refractivity contribution is 5.75. The van der Waals surface area contributed by atoms with Crippen LogP contribution in [0.15, 0.2) is 36.4 Å². The summed E-state index contributed by atoms with van der Waals surface area (Å²) in [5.41, 5.74) is 4.32. The normalized spacial score (nSPS) is 26.2. The molecule has 3 aliphatic heterocycles. The molecule has 0 saturated carbocycles. The number of methoxy groups -OCH3 is 1. The molecule has 35 heavy (non-hydrogen) atoms. The Morgan fingerprint density at radius 3 is 2.66 bits per heavy atom. The van der Waals surface area contributed by atoms with Crippen molar-refractivity contribution in [2.75, 3.05) is 33.4 Å². The fourth-order valence-corrected chi connectivity index (χ4v) is 6.05. The maximum atomic E-state index is 13.0. The maximum Gasteiger partial charge on any atom is 0.407 e. The number of piperidine rings is 3. The predicted molar refractivity (Wildman–Crippen MR) is 137 cm³/mol. The van der Waals surface area contributed by atoms with Crippen LogP contribution in [0, 0.1) is 11.3 Å². The zero-order chi connectivity index (χ0) is 24.6. The van der Waals surface area contributed by atoms with Crippen molar-refractivity contribution in [2.24, 2.45) is 11.3 Å². The van der Waals surface area contributed by atoms with E-state index in [0.717, 1.165) is 73.5 Å². The van der Waals surface area contributed by atoms with Gasteiger partial charge in [-0.15, -0.1) is 0 Å². The van der Waals surface area contributed by atoms with Gasteiger partial charge in [-0.1, -0.05) is 32.9 Å². The minimum Gasteiger partial charge on any atom is -0.496 e. The summed E-state index contributed by atoms with van der Waals surface area (Å²) in [6, 6.07) is 12.3. The second-order valence-electron chi connectivity index (χ2n) is 11.0. The number of nitrogens with zero attached hydrogens (tertiary/aromatic N) is 1. The number of hydrogen-bond acceptors (Lipinski definition) is 5. The lowest BCUT2D eigenvalue weighted by atomic mass is 9.85. The van der Waals surface area contributed by atoms with E-state index in [2.05, 4.69) is 55.3 Å². The highest BCUT2D eigenvalue weighted by Gasteiger charge is 2.42. The van der Waals surface area contributed by atoms with Crippen LogP contribution in [0.4, 0.5) is 4.79 Å². The number of ether oxygens (including phenoxy) is 3. The lowest BCUT2D eigenvalue weighted by Crippen LogP contribution is -2.53. The Balaban J connectivity index is 1.38. The van der Waals surface area contributed by atoms with Gasteiger partial charge in [0.15, 0.2) is 0 Å². The van der Waals surface area contributed by atoms with Crippen LogP contribution in [0.5, 0.6) is 11.5 Å². The van der Waals surface area contributed by atoms with Gasteiger partial charge in [0.05, 0.1) is 19.8 Å². The Morgan fingerprint density at radius 2 is 1.97 bits per heavy atom. The van der Waals surface area contributed by atoms with E-state index in [4.69, 9.17) is 14.2 Å². The predicted octanol–water partition coefficient (Wildman–Crippen LogP) is 5.59. The minimum absolute atomic E-state index is 0.000557. The second-order valence-corrected chi connectivity index (χ2v) is 11.0. The van der Waals surface area contributed by atoms with E-state index in [0.29, 0.717) is 12.5 Å². The van der Waals surface area contributed by atoms with E-state index < -0.39 is 0 Å². The first kappa shape index (κ1) is 24.0. The van der Waals surface area contributed by atoms with Crippen LogP contribution in [-0.2, 0) is 11.2 Å². The second kappa shape index (κ2) is 9.73. The first-order chi connectivity index (χ1) is 16.9. The molecule has 2 bridgehead atoms. The molecule has 2 aromatic carbocycles. The average molecular weight is 479 g/mol. The molecule has 4 aliphatic rings. The van der Waals surface area contributed by atoms with Crippen molar-refractivity contribution >= 4 is 6.09 Å². The Kier molecular flexibility index (Phi) is 6.67. The van der Waals surface area contributed by atoms with Gasteiger partial charge in [-0.3, -0.25) is 4.90 Å². The van der Waals surface area contributed by atoms with E-state index >= 15 is 0 Å². The van der Waals surface area contributed by atoms with Gasteiger partial charge in [0.2, 0.25) is 0 Å². The monoisotopic (exact) mass is 478 g/mol. The molecule has 6 rings (SSSR count). The zero-order valence-electron chi connectivity index (χ0n) is 21.4. The zero-order valence-corrected chi connectivity index (χ0v) is 21.4. The number of alkyl carbamates (subject to hydrolysis) is 1. The van der Waals surface area contributed by atoms with E-state index in [9.17, 15) is 4.79 Å². The molecule has 1 N–H and O–H groups in total. The number of nitrogens with one attached hydrogen (secondary N) is 1. The molecule has 188 valence electrons. The van der Waals surface area contributed by atoms with Gasteiger partial charge >= 0.3 is 6.09 Å². The molecular weight excluding hydrogens is 440 g/mol.